The van der Waals surface area contributed by atoms with Crippen molar-refractivity contribution in [1.82, 2.24) is 5.32 Å². The Bertz CT molecular complexity index is 1210. The Labute approximate surface area is 428 Å². The minimum Gasteiger partial charge on any atom is -0.466 e. The lowest BCUT2D eigenvalue weighted by Gasteiger charge is -2.20. The summed E-state index contributed by atoms with van der Waals surface area (Å²) in [5.41, 5.74) is 0. The Hall–Kier alpha value is -2.44. The van der Waals surface area contributed by atoms with Crippen molar-refractivity contribution in [2.75, 3.05) is 13.2 Å². The van der Waals surface area contributed by atoms with E-state index in [1.807, 2.05) is 6.08 Å². The zero-order valence-corrected chi connectivity index (χ0v) is 45.8. The number of carbonyl (C=O) groups excluding carboxylic acids is 2. The summed E-state index contributed by atoms with van der Waals surface area (Å²) < 4.78 is 5.45. The lowest BCUT2D eigenvalue weighted by molar-refractivity contribution is -0.143. The molecule has 0 aromatic carbocycles. The van der Waals surface area contributed by atoms with Crippen LogP contribution in [0.15, 0.2) is 60.8 Å². The van der Waals surface area contributed by atoms with Gasteiger partial charge in [-0.2, -0.15) is 0 Å². The first-order valence-corrected chi connectivity index (χ1v) is 30.1. The smallest absolute Gasteiger partial charge is 0.305 e. The predicted octanol–water partition coefficient (Wildman–Crippen LogP) is 18.7. The molecule has 0 rings (SSSR count). The van der Waals surface area contributed by atoms with Gasteiger partial charge in [0, 0.05) is 12.8 Å². The highest BCUT2D eigenvalue weighted by Crippen LogP contribution is 2.16. The molecule has 0 aliphatic carbocycles. The summed E-state index contributed by atoms with van der Waals surface area (Å²) in [5.74, 6) is -0.114. The number of allylic oxidation sites excluding steroid dienone is 9. The van der Waals surface area contributed by atoms with Crippen molar-refractivity contribution in [2.45, 2.75) is 315 Å². The number of aliphatic hydroxyl groups is 2. The summed E-state index contributed by atoms with van der Waals surface area (Å²) in [7, 11) is 0. The van der Waals surface area contributed by atoms with Gasteiger partial charge in [0.1, 0.15) is 0 Å². The van der Waals surface area contributed by atoms with E-state index in [9.17, 15) is 19.8 Å². The van der Waals surface area contributed by atoms with Crippen LogP contribution in [0, 0.1) is 0 Å². The van der Waals surface area contributed by atoms with E-state index in [0.29, 0.717) is 19.4 Å². The van der Waals surface area contributed by atoms with Crippen molar-refractivity contribution in [1.29, 1.82) is 0 Å². The van der Waals surface area contributed by atoms with E-state index in [-0.39, 0.29) is 18.5 Å². The Morgan fingerprint density at radius 2 is 0.725 bits per heavy atom. The van der Waals surface area contributed by atoms with Gasteiger partial charge in [0.2, 0.25) is 5.91 Å². The minimum atomic E-state index is -0.857. The molecular formula is C63H115NO5. The lowest BCUT2D eigenvalue weighted by atomic mass is 10.0. The fourth-order valence-corrected chi connectivity index (χ4v) is 8.87. The van der Waals surface area contributed by atoms with Crippen LogP contribution in [-0.4, -0.2) is 47.4 Å². The number of esters is 1. The standard InChI is InChI=1S/C63H115NO5/c1-3-5-7-9-11-13-15-17-19-21-22-24-27-31-35-39-43-47-51-55-61(66)60(59-65)64-62(67)56-52-48-44-40-36-32-28-25-23-26-30-34-38-42-46-50-54-58-69-63(68)57-53-49-45-41-37-33-29-20-18-16-14-12-10-8-6-4-2/h14,16,20,23,26,29,34,38,51,55,60-61,65-66H,3-13,15,17-19,21-22,24-25,27-28,30-33,35-37,39-50,52-54,56-59H2,1-2H3,(H,64,67)/b16-14-,26-23-,29-20-,38-34-,55-51+. The van der Waals surface area contributed by atoms with Crippen LogP contribution in [0.5, 0.6) is 0 Å². The van der Waals surface area contributed by atoms with Gasteiger partial charge < -0.3 is 20.3 Å². The largest absolute Gasteiger partial charge is 0.466 e. The number of unbranched alkanes of at least 4 members (excludes halogenated alkanes) is 36. The van der Waals surface area contributed by atoms with E-state index in [2.05, 4.69) is 67.8 Å². The van der Waals surface area contributed by atoms with E-state index in [0.717, 1.165) is 96.3 Å². The number of hydrogen-bond donors (Lipinski definition) is 3. The molecule has 0 aliphatic heterocycles. The molecule has 1 amide bonds. The summed E-state index contributed by atoms with van der Waals surface area (Å²) >= 11 is 0. The van der Waals surface area contributed by atoms with Gasteiger partial charge in [0.05, 0.1) is 25.4 Å². The van der Waals surface area contributed by atoms with Crippen molar-refractivity contribution in [3.8, 4) is 0 Å². The van der Waals surface area contributed by atoms with E-state index < -0.39 is 12.1 Å². The quantitative estimate of drug-likeness (QED) is 0.0321. The first-order valence-electron chi connectivity index (χ1n) is 30.1. The third-order valence-corrected chi connectivity index (χ3v) is 13.5. The van der Waals surface area contributed by atoms with Crippen LogP contribution in [0.4, 0.5) is 0 Å². The van der Waals surface area contributed by atoms with Crippen LogP contribution in [0.2, 0.25) is 0 Å². The number of hydrogen-bond acceptors (Lipinski definition) is 5. The first-order chi connectivity index (χ1) is 34.0. The van der Waals surface area contributed by atoms with E-state index >= 15 is 0 Å². The zero-order valence-electron chi connectivity index (χ0n) is 45.8. The SMILES string of the molecule is CCCCCC/C=C\C/C=C\CCCCCCCC(=O)OCCCCC/C=C\C/C=C\CCCCCCCCCC(=O)NC(CO)C(O)/C=C/CCCCCCCCCCCCCCCCCCC. The summed E-state index contributed by atoms with van der Waals surface area (Å²) in [6.07, 6.45) is 75.3. The second-order valence-electron chi connectivity index (χ2n) is 20.3. The Morgan fingerprint density at radius 1 is 0.406 bits per heavy atom. The molecule has 0 fully saturated rings. The van der Waals surface area contributed by atoms with Gasteiger partial charge in [0.15, 0.2) is 0 Å². The Kier molecular flexibility index (Phi) is 56.1. The molecule has 0 bridgehead atoms. The van der Waals surface area contributed by atoms with Gasteiger partial charge in [-0.1, -0.05) is 248 Å². The van der Waals surface area contributed by atoms with Crippen LogP contribution in [0.3, 0.4) is 0 Å². The minimum absolute atomic E-state index is 0.0304. The third kappa shape index (κ3) is 54.7. The Morgan fingerprint density at radius 3 is 1.12 bits per heavy atom. The monoisotopic (exact) mass is 966 g/mol. The number of amides is 1. The van der Waals surface area contributed by atoms with Crippen LogP contribution in [0.25, 0.3) is 0 Å². The third-order valence-electron chi connectivity index (χ3n) is 13.5. The number of carbonyl (C=O) groups is 2. The molecule has 0 heterocycles. The molecule has 6 nitrogen and oxygen atoms in total. The van der Waals surface area contributed by atoms with Crippen molar-refractivity contribution in [2.24, 2.45) is 0 Å². The highest BCUT2D eigenvalue weighted by atomic mass is 16.5. The normalized spacial score (nSPS) is 13.0. The van der Waals surface area contributed by atoms with Crippen LogP contribution >= 0.6 is 0 Å². The average molecular weight is 967 g/mol. The molecular weight excluding hydrogens is 851 g/mol. The lowest BCUT2D eigenvalue weighted by Crippen LogP contribution is -2.45. The topological polar surface area (TPSA) is 95.9 Å². The van der Waals surface area contributed by atoms with Gasteiger partial charge in [-0.15, -0.1) is 0 Å². The molecule has 0 aromatic rings. The second kappa shape index (κ2) is 58.1. The number of aliphatic hydroxyl groups excluding tert-OH is 2. The Balaban J connectivity index is 3.54. The highest BCUT2D eigenvalue weighted by Gasteiger charge is 2.18. The van der Waals surface area contributed by atoms with Crippen molar-refractivity contribution in [3.05, 3.63) is 60.8 Å². The molecule has 0 saturated heterocycles. The fraction of sp³-hybridized carbons (Fsp3) is 0.810. The van der Waals surface area contributed by atoms with Gasteiger partial charge in [-0.3, -0.25) is 9.59 Å². The van der Waals surface area contributed by atoms with Crippen molar-refractivity contribution in [3.63, 3.8) is 0 Å². The maximum Gasteiger partial charge on any atom is 0.305 e. The molecule has 402 valence electrons. The maximum atomic E-state index is 12.5. The van der Waals surface area contributed by atoms with Gasteiger partial charge in [0.25, 0.3) is 0 Å². The van der Waals surface area contributed by atoms with E-state index in [4.69, 9.17) is 4.74 Å². The molecule has 0 aliphatic rings. The zero-order chi connectivity index (χ0) is 50.0. The van der Waals surface area contributed by atoms with Gasteiger partial charge in [-0.05, 0) is 103 Å². The molecule has 6 heteroatoms. The fourth-order valence-electron chi connectivity index (χ4n) is 8.87. The van der Waals surface area contributed by atoms with Gasteiger partial charge >= 0.3 is 5.97 Å². The molecule has 0 saturated carbocycles. The predicted molar refractivity (Wildman–Crippen MR) is 301 cm³/mol. The molecule has 0 radical (unpaired) electrons. The molecule has 0 aromatic heterocycles. The molecule has 2 atom stereocenters. The van der Waals surface area contributed by atoms with E-state index in [1.165, 1.54) is 180 Å². The molecule has 69 heavy (non-hydrogen) atoms. The number of nitrogens with one attached hydrogen (secondary N) is 1. The van der Waals surface area contributed by atoms with E-state index in [1.54, 1.807) is 6.08 Å². The summed E-state index contributed by atoms with van der Waals surface area (Å²) in [6, 6.07) is -0.642. The summed E-state index contributed by atoms with van der Waals surface area (Å²) in [4.78, 5) is 24.5. The van der Waals surface area contributed by atoms with Crippen molar-refractivity contribution < 1.29 is 24.5 Å². The highest BCUT2D eigenvalue weighted by molar-refractivity contribution is 5.76. The first kappa shape index (κ1) is 66.6. The van der Waals surface area contributed by atoms with Crippen LogP contribution in [-0.2, 0) is 14.3 Å². The second-order valence-corrected chi connectivity index (χ2v) is 20.3. The maximum absolute atomic E-state index is 12.5. The van der Waals surface area contributed by atoms with Gasteiger partial charge in [-0.25, -0.2) is 0 Å². The molecule has 2 unspecified atom stereocenters. The van der Waals surface area contributed by atoms with Crippen LogP contribution < -0.4 is 5.32 Å². The molecule has 3 N–H and O–H groups in total. The number of rotatable bonds is 55. The molecule has 0 spiro atoms. The summed E-state index contributed by atoms with van der Waals surface area (Å²) in [5, 5.41) is 23.2. The summed E-state index contributed by atoms with van der Waals surface area (Å²) in [6.45, 7) is 4.84. The average Bonchev–Trinajstić information content (AvgIpc) is 3.35. The van der Waals surface area contributed by atoms with Crippen molar-refractivity contribution >= 4 is 11.9 Å². The number of ether oxygens (including phenoxy) is 1. The van der Waals surface area contributed by atoms with Crippen LogP contribution in [0.1, 0.15) is 303 Å².